The maximum Gasteiger partial charge on any atom is 0.317 e. The van der Waals surface area contributed by atoms with E-state index in [1.54, 1.807) is 24.3 Å². The van der Waals surface area contributed by atoms with E-state index in [1.165, 1.54) is 12.1 Å². The third-order valence-electron chi connectivity index (χ3n) is 5.57. The molecule has 0 heterocycles. The number of hydrogen-bond donors (Lipinski definition) is 2. The number of carbonyl (C=O) groups is 2. The lowest BCUT2D eigenvalue weighted by atomic mass is 9.79. The van der Waals surface area contributed by atoms with Crippen LogP contribution in [0.15, 0.2) is 53.4 Å². The number of esters is 1. The van der Waals surface area contributed by atoms with Crippen LogP contribution in [0.25, 0.3) is 0 Å². The number of halogens is 1. The third-order valence-corrected chi connectivity index (χ3v) is 6.75. The van der Waals surface area contributed by atoms with Crippen LogP contribution in [0, 0.1) is 0 Å². The summed E-state index contributed by atoms with van der Waals surface area (Å²) in [4.78, 5) is 25.0. The van der Waals surface area contributed by atoms with Gasteiger partial charge in [-0.2, -0.15) is 0 Å². The lowest BCUT2D eigenvalue weighted by molar-refractivity contribution is -0.154. The van der Waals surface area contributed by atoms with Crippen molar-refractivity contribution in [2.75, 3.05) is 13.2 Å². The molecule has 0 atom stereocenters. The highest BCUT2D eigenvalue weighted by molar-refractivity contribution is 7.89. The lowest BCUT2D eigenvalue weighted by Gasteiger charge is -2.27. The summed E-state index contributed by atoms with van der Waals surface area (Å²) in [5.74, 6) is -0.778. The van der Waals surface area contributed by atoms with Gasteiger partial charge in [-0.3, -0.25) is 9.59 Å². The number of nitrogens with two attached hydrogens (primary N) is 1. The zero-order chi connectivity index (χ0) is 22.5. The third kappa shape index (κ3) is 5.84. The van der Waals surface area contributed by atoms with E-state index in [4.69, 9.17) is 21.5 Å². The predicted octanol–water partition coefficient (Wildman–Crippen LogP) is 2.70. The number of ether oxygens (including phenoxy) is 1. The topological polar surface area (TPSA) is 116 Å². The Bertz CT molecular complexity index is 1030. The molecule has 0 aliphatic heterocycles. The van der Waals surface area contributed by atoms with Crippen molar-refractivity contribution in [3.05, 3.63) is 64.7 Å². The molecule has 0 unspecified atom stereocenters. The van der Waals surface area contributed by atoms with Crippen LogP contribution in [0.4, 0.5) is 0 Å². The maximum absolute atomic E-state index is 12.9. The molecule has 1 fully saturated rings. The Hall–Kier alpha value is -2.42. The highest BCUT2D eigenvalue weighted by atomic mass is 35.5. The Labute approximate surface area is 187 Å². The second-order valence-corrected chi connectivity index (χ2v) is 9.66. The van der Waals surface area contributed by atoms with Gasteiger partial charge in [-0.05, 0) is 54.7 Å². The molecule has 0 bridgehead atoms. The maximum atomic E-state index is 12.9. The smallest absolute Gasteiger partial charge is 0.317 e. The van der Waals surface area contributed by atoms with Gasteiger partial charge in [-0.15, -0.1) is 0 Å². The minimum atomic E-state index is -3.73. The summed E-state index contributed by atoms with van der Waals surface area (Å²) in [5, 5.41) is 8.38. The first-order valence-electron chi connectivity index (χ1n) is 10.0. The van der Waals surface area contributed by atoms with Crippen molar-refractivity contribution in [3.8, 4) is 0 Å². The quantitative estimate of drug-likeness (QED) is 0.583. The molecule has 0 saturated heterocycles. The van der Waals surface area contributed by atoms with Gasteiger partial charge >= 0.3 is 5.97 Å². The molecule has 9 heteroatoms. The van der Waals surface area contributed by atoms with Gasteiger partial charge < -0.3 is 10.1 Å². The number of carbonyl (C=O) groups excluding carboxylic acids is 2. The molecular weight excluding hydrogens is 440 g/mol. The molecule has 3 rings (SSSR count). The Kier molecular flexibility index (Phi) is 7.35. The van der Waals surface area contributed by atoms with Crippen LogP contribution in [-0.4, -0.2) is 33.4 Å². The molecule has 31 heavy (non-hydrogen) atoms. The van der Waals surface area contributed by atoms with E-state index in [0.717, 1.165) is 24.0 Å². The summed E-state index contributed by atoms with van der Waals surface area (Å²) < 4.78 is 27.9. The van der Waals surface area contributed by atoms with Gasteiger partial charge in [0.1, 0.15) is 0 Å². The zero-order valence-corrected chi connectivity index (χ0v) is 18.5. The van der Waals surface area contributed by atoms with E-state index >= 15 is 0 Å². The number of sulfonamides is 1. The number of nitrogens with one attached hydrogen (secondary N) is 1. The van der Waals surface area contributed by atoms with Crippen LogP contribution in [0.3, 0.4) is 0 Å². The second kappa shape index (κ2) is 9.80. The highest BCUT2D eigenvalue weighted by Crippen LogP contribution is 2.42. The van der Waals surface area contributed by atoms with Gasteiger partial charge in [-0.1, -0.05) is 48.7 Å². The SMILES string of the molecule is NS(=O)(=O)c1ccc(CCNC(=O)COC(=O)C2(c3ccc(Cl)cc3)CCCC2)cc1. The minimum absolute atomic E-state index is 0.0359. The molecule has 2 aromatic carbocycles. The van der Waals surface area contributed by atoms with Crippen LogP contribution < -0.4 is 10.5 Å². The summed E-state index contributed by atoms with van der Waals surface area (Å²) in [6, 6.07) is 13.3. The molecule has 7 nitrogen and oxygen atoms in total. The second-order valence-electron chi connectivity index (χ2n) is 7.66. The van der Waals surface area contributed by atoms with Crippen molar-refractivity contribution in [3.63, 3.8) is 0 Å². The van der Waals surface area contributed by atoms with Crippen molar-refractivity contribution in [1.29, 1.82) is 0 Å². The van der Waals surface area contributed by atoms with E-state index < -0.39 is 21.3 Å². The largest absolute Gasteiger partial charge is 0.455 e. The van der Waals surface area contributed by atoms with Crippen LogP contribution in [0.5, 0.6) is 0 Å². The molecule has 1 aliphatic rings. The number of primary sulfonamides is 1. The molecule has 2 aromatic rings. The van der Waals surface area contributed by atoms with Gasteiger partial charge in [0.2, 0.25) is 10.0 Å². The molecular formula is C22H25ClN2O5S. The lowest BCUT2D eigenvalue weighted by Crippen LogP contribution is -2.38. The van der Waals surface area contributed by atoms with Gasteiger partial charge in [0.15, 0.2) is 6.61 Å². The van der Waals surface area contributed by atoms with Crippen molar-refractivity contribution < 1.29 is 22.7 Å². The Morgan fingerprint density at radius 1 is 1.03 bits per heavy atom. The number of rotatable bonds is 8. The van der Waals surface area contributed by atoms with Crippen LogP contribution in [-0.2, 0) is 36.2 Å². The number of benzene rings is 2. The zero-order valence-electron chi connectivity index (χ0n) is 17.0. The molecule has 0 spiro atoms. The molecule has 3 N–H and O–H groups in total. The molecule has 0 radical (unpaired) electrons. The van der Waals surface area contributed by atoms with E-state index in [9.17, 15) is 18.0 Å². The van der Waals surface area contributed by atoms with Crippen molar-refractivity contribution in [2.24, 2.45) is 5.14 Å². The number of amides is 1. The van der Waals surface area contributed by atoms with Crippen molar-refractivity contribution in [1.82, 2.24) is 5.32 Å². The normalized spacial score (nSPS) is 15.4. The fourth-order valence-electron chi connectivity index (χ4n) is 3.87. The van der Waals surface area contributed by atoms with Gasteiger partial charge in [0.25, 0.3) is 5.91 Å². The van der Waals surface area contributed by atoms with E-state index in [1.807, 2.05) is 12.1 Å². The van der Waals surface area contributed by atoms with Crippen molar-refractivity contribution >= 4 is 33.5 Å². The van der Waals surface area contributed by atoms with Crippen molar-refractivity contribution in [2.45, 2.75) is 42.4 Å². The Morgan fingerprint density at radius 2 is 1.65 bits per heavy atom. The first kappa shape index (κ1) is 23.2. The number of hydrogen-bond acceptors (Lipinski definition) is 5. The predicted molar refractivity (Wildman–Crippen MR) is 117 cm³/mol. The average Bonchev–Trinajstić information content (AvgIpc) is 3.23. The van der Waals surface area contributed by atoms with E-state index in [0.29, 0.717) is 30.8 Å². The van der Waals surface area contributed by atoms with E-state index in [2.05, 4.69) is 5.32 Å². The van der Waals surface area contributed by atoms with E-state index in [-0.39, 0.29) is 17.5 Å². The van der Waals surface area contributed by atoms with Crippen LogP contribution in [0.2, 0.25) is 5.02 Å². The van der Waals surface area contributed by atoms with Crippen LogP contribution >= 0.6 is 11.6 Å². The van der Waals surface area contributed by atoms with Gasteiger partial charge in [-0.25, -0.2) is 13.6 Å². The molecule has 0 aromatic heterocycles. The standard InChI is InChI=1S/C22H25ClN2O5S/c23-18-7-5-17(6-8-18)22(12-1-2-13-22)21(27)30-15-20(26)25-14-11-16-3-9-19(10-4-16)31(24,28)29/h3-10H,1-2,11-15H2,(H,25,26)(H2,24,28,29). The van der Waals surface area contributed by atoms with Gasteiger partial charge in [0.05, 0.1) is 10.3 Å². The first-order chi connectivity index (χ1) is 14.7. The Balaban J connectivity index is 1.49. The highest BCUT2D eigenvalue weighted by Gasteiger charge is 2.44. The average molecular weight is 465 g/mol. The molecule has 1 saturated carbocycles. The minimum Gasteiger partial charge on any atom is -0.455 e. The van der Waals surface area contributed by atoms with Crippen LogP contribution in [0.1, 0.15) is 36.8 Å². The Morgan fingerprint density at radius 3 is 2.23 bits per heavy atom. The van der Waals surface area contributed by atoms with Gasteiger partial charge in [0, 0.05) is 11.6 Å². The summed E-state index contributed by atoms with van der Waals surface area (Å²) in [6.45, 7) is -0.0219. The summed E-state index contributed by atoms with van der Waals surface area (Å²) in [7, 11) is -3.73. The summed E-state index contributed by atoms with van der Waals surface area (Å²) in [5.41, 5.74) is 0.982. The molecule has 166 valence electrons. The summed E-state index contributed by atoms with van der Waals surface area (Å²) >= 11 is 5.97. The molecule has 1 aliphatic carbocycles. The summed E-state index contributed by atoms with van der Waals surface area (Å²) in [6.07, 6.45) is 3.72. The monoisotopic (exact) mass is 464 g/mol. The fraction of sp³-hybridized carbons (Fsp3) is 0.364. The fourth-order valence-corrected chi connectivity index (χ4v) is 4.51. The molecule has 1 amide bonds. The first-order valence-corrected chi connectivity index (χ1v) is 11.9.